The molecule has 3 aromatic heterocycles. The van der Waals surface area contributed by atoms with Crippen LogP contribution < -0.4 is 0 Å². The fourth-order valence-electron chi connectivity index (χ4n) is 1.70. The van der Waals surface area contributed by atoms with E-state index in [4.69, 9.17) is 11.6 Å². The van der Waals surface area contributed by atoms with Crippen LogP contribution in [0.15, 0.2) is 18.5 Å². The first-order valence-corrected chi connectivity index (χ1v) is 5.71. The fraction of sp³-hybridized carbons (Fsp3) is 0.182. The average molecular weight is 261 g/mol. The van der Waals surface area contributed by atoms with Gasteiger partial charge >= 0.3 is 0 Å². The Morgan fingerprint density at radius 3 is 2.67 bits per heavy atom. The van der Waals surface area contributed by atoms with Gasteiger partial charge in [-0.25, -0.2) is 0 Å². The van der Waals surface area contributed by atoms with Crippen molar-refractivity contribution in [2.24, 2.45) is 0 Å². The molecular weight excluding hydrogens is 252 g/mol. The fourth-order valence-corrected chi connectivity index (χ4v) is 1.91. The first kappa shape index (κ1) is 11.0. The Labute approximate surface area is 108 Å². The number of aryl methyl sites for hydroxylation is 1. The van der Waals surface area contributed by atoms with Gasteiger partial charge in [-0.1, -0.05) is 11.6 Å². The van der Waals surface area contributed by atoms with Gasteiger partial charge in [-0.05, 0) is 25.5 Å². The lowest BCUT2D eigenvalue weighted by molar-refractivity contribution is 0.914. The quantitative estimate of drug-likeness (QED) is 0.668. The van der Waals surface area contributed by atoms with Crippen molar-refractivity contribution in [2.75, 3.05) is 0 Å². The lowest BCUT2D eigenvalue weighted by atomic mass is 10.2. The monoisotopic (exact) mass is 260 g/mol. The normalized spacial score (nSPS) is 11.1. The Balaban J connectivity index is 2.34. The molecule has 0 unspecified atom stereocenters. The maximum Gasteiger partial charge on any atom is 0.187 e. The zero-order chi connectivity index (χ0) is 12.7. The summed E-state index contributed by atoms with van der Waals surface area (Å²) in [5.74, 6) is 0.602. The number of aromatic nitrogens is 6. The second-order valence-corrected chi connectivity index (χ2v) is 4.29. The lowest BCUT2D eigenvalue weighted by Gasteiger charge is -2.04. The van der Waals surface area contributed by atoms with Crippen molar-refractivity contribution >= 4 is 17.2 Å². The molecule has 90 valence electrons. The minimum Gasteiger partial charge on any atom is -0.191 e. The smallest absolute Gasteiger partial charge is 0.187 e. The number of hydrogen-bond acceptors (Lipinski definition) is 5. The summed E-state index contributed by atoms with van der Waals surface area (Å²) in [5, 5.41) is 20.5. The van der Waals surface area contributed by atoms with E-state index in [-0.39, 0.29) is 0 Å². The van der Waals surface area contributed by atoms with Crippen LogP contribution in [-0.2, 0) is 0 Å². The van der Waals surface area contributed by atoms with E-state index in [1.54, 1.807) is 23.0 Å². The molecule has 0 fully saturated rings. The molecule has 0 N–H and O–H groups in total. The molecule has 0 aliphatic carbocycles. The largest absolute Gasteiger partial charge is 0.191 e. The molecule has 0 atom stereocenters. The number of hydrogen-bond donors (Lipinski definition) is 0. The second-order valence-electron chi connectivity index (χ2n) is 3.93. The minimum atomic E-state index is 0.447. The highest BCUT2D eigenvalue weighted by atomic mass is 35.5. The molecule has 0 saturated heterocycles. The predicted molar refractivity (Wildman–Crippen MR) is 66.3 cm³/mol. The Hall–Kier alpha value is -2.08. The van der Waals surface area contributed by atoms with Gasteiger partial charge < -0.3 is 0 Å². The summed E-state index contributed by atoms with van der Waals surface area (Å²) < 4.78 is 1.63. The molecule has 0 aliphatic heterocycles. The number of halogens is 1. The maximum atomic E-state index is 6.09. The van der Waals surface area contributed by atoms with Crippen LogP contribution in [0.4, 0.5) is 0 Å². The highest BCUT2D eigenvalue weighted by molar-refractivity contribution is 6.30. The number of nitrogens with zero attached hydrogens (tertiary/aromatic N) is 6. The molecule has 0 amide bonds. The first-order valence-electron chi connectivity index (χ1n) is 5.33. The number of rotatable bonds is 1. The molecule has 3 rings (SSSR count). The van der Waals surface area contributed by atoms with Gasteiger partial charge in [0, 0.05) is 11.1 Å². The lowest BCUT2D eigenvalue weighted by Crippen LogP contribution is -2.00. The zero-order valence-electron chi connectivity index (χ0n) is 9.79. The van der Waals surface area contributed by atoms with Crippen molar-refractivity contribution < 1.29 is 0 Å². The Bertz CT molecular complexity index is 721. The van der Waals surface area contributed by atoms with E-state index in [0.29, 0.717) is 16.6 Å². The average Bonchev–Trinajstić information content (AvgIpc) is 2.81. The van der Waals surface area contributed by atoms with Crippen LogP contribution in [0.25, 0.3) is 17.0 Å². The third kappa shape index (κ3) is 1.53. The van der Waals surface area contributed by atoms with E-state index in [2.05, 4.69) is 25.5 Å². The van der Waals surface area contributed by atoms with E-state index in [0.717, 1.165) is 16.7 Å². The van der Waals surface area contributed by atoms with E-state index in [1.165, 1.54) is 0 Å². The summed E-state index contributed by atoms with van der Waals surface area (Å²) >= 11 is 6.09. The second kappa shape index (κ2) is 3.99. The third-order valence-corrected chi connectivity index (χ3v) is 3.24. The van der Waals surface area contributed by atoms with Gasteiger partial charge in [0.25, 0.3) is 0 Å². The van der Waals surface area contributed by atoms with E-state index >= 15 is 0 Å². The first-order chi connectivity index (χ1) is 8.68. The van der Waals surface area contributed by atoms with E-state index < -0.39 is 0 Å². The summed E-state index contributed by atoms with van der Waals surface area (Å²) in [6.45, 7) is 3.86. The standard InChI is InChI=1S/C11H9ClN6/c1-6-7(2)10-15-16-11(18(10)17-9(6)12)8-3-4-13-14-5-8/h3-5H,1-2H3. The van der Waals surface area contributed by atoms with Crippen molar-refractivity contribution in [3.05, 3.63) is 34.7 Å². The van der Waals surface area contributed by atoms with Crippen LogP contribution in [0, 0.1) is 13.8 Å². The topological polar surface area (TPSA) is 68.9 Å². The highest BCUT2D eigenvalue weighted by Crippen LogP contribution is 2.23. The molecule has 0 spiro atoms. The molecule has 0 radical (unpaired) electrons. The van der Waals surface area contributed by atoms with Crippen LogP contribution in [0.3, 0.4) is 0 Å². The third-order valence-electron chi connectivity index (χ3n) is 2.88. The minimum absolute atomic E-state index is 0.447. The highest BCUT2D eigenvalue weighted by Gasteiger charge is 2.14. The Kier molecular flexibility index (Phi) is 2.45. The molecule has 0 aliphatic rings. The molecular formula is C11H9ClN6. The summed E-state index contributed by atoms with van der Waals surface area (Å²) in [7, 11) is 0. The van der Waals surface area contributed by atoms with Gasteiger partial charge in [-0.15, -0.1) is 10.2 Å². The van der Waals surface area contributed by atoms with Gasteiger partial charge in [-0.3, -0.25) is 0 Å². The molecule has 0 aromatic carbocycles. The van der Waals surface area contributed by atoms with Crippen molar-refractivity contribution in [3.63, 3.8) is 0 Å². The van der Waals surface area contributed by atoms with Crippen LogP contribution in [0.2, 0.25) is 5.15 Å². The molecule has 6 nitrogen and oxygen atoms in total. The summed E-state index contributed by atoms with van der Waals surface area (Å²) in [6.07, 6.45) is 3.21. The van der Waals surface area contributed by atoms with Crippen LogP contribution >= 0.6 is 11.6 Å². The van der Waals surface area contributed by atoms with E-state index in [1.807, 2.05) is 13.8 Å². The molecule has 3 heterocycles. The van der Waals surface area contributed by atoms with Crippen molar-refractivity contribution in [1.82, 2.24) is 30.0 Å². The molecule has 0 bridgehead atoms. The van der Waals surface area contributed by atoms with Gasteiger partial charge in [0.1, 0.15) is 0 Å². The van der Waals surface area contributed by atoms with Crippen molar-refractivity contribution in [1.29, 1.82) is 0 Å². The summed E-state index contributed by atoms with van der Waals surface area (Å²) in [6, 6.07) is 1.80. The van der Waals surface area contributed by atoms with Crippen molar-refractivity contribution in [3.8, 4) is 11.4 Å². The maximum absolute atomic E-state index is 6.09. The predicted octanol–water partition coefficient (Wildman–Crippen LogP) is 1.85. The number of fused-ring (bicyclic) bond motifs is 1. The van der Waals surface area contributed by atoms with Crippen LogP contribution in [0.1, 0.15) is 11.1 Å². The molecule has 3 aromatic rings. The zero-order valence-corrected chi connectivity index (χ0v) is 10.5. The van der Waals surface area contributed by atoms with Gasteiger partial charge in [0.05, 0.1) is 12.4 Å². The van der Waals surface area contributed by atoms with Crippen LogP contribution in [0.5, 0.6) is 0 Å². The summed E-state index contributed by atoms with van der Waals surface area (Å²) in [5.41, 5.74) is 3.37. The Morgan fingerprint density at radius 1 is 1.11 bits per heavy atom. The van der Waals surface area contributed by atoms with Gasteiger partial charge in [-0.2, -0.15) is 19.8 Å². The Morgan fingerprint density at radius 2 is 1.94 bits per heavy atom. The SMILES string of the molecule is Cc1c(Cl)nn2c(-c3ccnnc3)nnc2c1C. The van der Waals surface area contributed by atoms with Gasteiger partial charge in [0.2, 0.25) is 0 Å². The van der Waals surface area contributed by atoms with Crippen LogP contribution in [-0.4, -0.2) is 30.0 Å². The van der Waals surface area contributed by atoms with Crippen molar-refractivity contribution in [2.45, 2.75) is 13.8 Å². The molecule has 18 heavy (non-hydrogen) atoms. The van der Waals surface area contributed by atoms with Gasteiger partial charge in [0.15, 0.2) is 16.6 Å². The molecule has 7 heteroatoms. The van der Waals surface area contributed by atoms with E-state index in [9.17, 15) is 0 Å². The molecule has 0 saturated carbocycles. The summed E-state index contributed by atoms with van der Waals surface area (Å²) in [4.78, 5) is 0.